The Balaban J connectivity index is 2.10. The molecular formula is C22H18ClFN4OS. The molecular weight excluding hydrogens is 423 g/mol. The van der Waals surface area contributed by atoms with Crippen LogP contribution in [0, 0.1) is 5.82 Å². The molecule has 0 radical (unpaired) electrons. The van der Waals surface area contributed by atoms with E-state index in [4.69, 9.17) is 11.6 Å². The van der Waals surface area contributed by atoms with Gasteiger partial charge in [-0.15, -0.1) is 11.8 Å². The molecule has 0 unspecified atom stereocenters. The number of nitrogens with zero attached hydrogens (tertiary/aromatic N) is 4. The van der Waals surface area contributed by atoms with Gasteiger partial charge in [0.05, 0.1) is 27.7 Å². The molecule has 0 amide bonds. The van der Waals surface area contributed by atoms with Gasteiger partial charge in [0.1, 0.15) is 5.82 Å². The Bertz CT molecular complexity index is 1300. The maximum atomic E-state index is 14.5. The maximum Gasteiger partial charge on any atom is 0.353 e. The van der Waals surface area contributed by atoms with E-state index in [2.05, 4.69) is 15.0 Å². The van der Waals surface area contributed by atoms with Crippen LogP contribution in [-0.2, 0) is 0 Å². The Hall–Kier alpha value is -2.77. The third-order valence-corrected chi connectivity index (χ3v) is 5.83. The van der Waals surface area contributed by atoms with E-state index < -0.39 is 11.5 Å². The number of rotatable bonds is 4. The highest BCUT2D eigenvalue weighted by Gasteiger charge is 2.20. The zero-order valence-electron chi connectivity index (χ0n) is 16.6. The molecule has 8 heteroatoms. The Morgan fingerprint density at radius 3 is 2.63 bits per heavy atom. The average Bonchev–Trinajstić information content (AvgIpc) is 2.73. The van der Waals surface area contributed by atoms with Gasteiger partial charge in [-0.2, -0.15) is 0 Å². The van der Waals surface area contributed by atoms with Crippen molar-refractivity contribution in [2.24, 2.45) is 0 Å². The summed E-state index contributed by atoms with van der Waals surface area (Å²) in [6.07, 6.45) is 5.13. The molecule has 0 bridgehead atoms. The molecule has 0 spiro atoms. The number of halogens is 2. The van der Waals surface area contributed by atoms with Gasteiger partial charge in [-0.05, 0) is 42.5 Å². The lowest BCUT2D eigenvalue weighted by Crippen LogP contribution is -2.24. The topological polar surface area (TPSA) is 60.7 Å². The van der Waals surface area contributed by atoms with Crippen molar-refractivity contribution in [1.82, 2.24) is 19.5 Å². The second-order valence-electron chi connectivity index (χ2n) is 6.98. The first kappa shape index (κ1) is 20.5. The van der Waals surface area contributed by atoms with Gasteiger partial charge in [0.2, 0.25) is 0 Å². The van der Waals surface area contributed by atoms with E-state index in [0.717, 1.165) is 10.6 Å². The van der Waals surface area contributed by atoms with Crippen molar-refractivity contribution in [3.05, 3.63) is 75.8 Å². The Kier molecular flexibility index (Phi) is 5.58. The molecule has 0 atom stereocenters. The second kappa shape index (κ2) is 8.16. The molecule has 152 valence electrons. The highest BCUT2D eigenvalue weighted by Crippen LogP contribution is 2.33. The van der Waals surface area contributed by atoms with Crippen LogP contribution in [-0.4, -0.2) is 25.8 Å². The van der Waals surface area contributed by atoms with Crippen molar-refractivity contribution in [2.75, 3.05) is 6.26 Å². The monoisotopic (exact) mass is 440 g/mol. The number of fused-ring (bicyclic) bond motifs is 1. The quantitative estimate of drug-likeness (QED) is 0.393. The number of aromatic nitrogens is 4. The van der Waals surface area contributed by atoms with Gasteiger partial charge in [0.15, 0.2) is 5.65 Å². The number of hydrogen-bond donors (Lipinski definition) is 0. The lowest BCUT2D eigenvalue weighted by molar-refractivity contribution is 0.631. The van der Waals surface area contributed by atoms with Gasteiger partial charge < -0.3 is 0 Å². The predicted octanol–water partition coefficient (Wildman–Crippen LogP) is 5.48. The zero-order chi connectivity index (χ0) is 21.4. The average molecular weight is 441 g/mol. The van der Waals surface area contributed by atoms with Crippen LogP contribution in [0.25, 0.3) is 28.0 Å². The summed E-state index contributed by atoms with van der Waals surface area (Å²) in [4.78, 5) is 27.0. The van der Waals surface area contributed by atoms with E-state index in [0.29, 0.717) is 22.4 Å². The molecule has 1 aromatic carbocycles. The molecule has 30 heavy (non-hydrogen) atoms. The van der Waals surface area contributed by atoms with Crippen molar-refractivity contribution in [3.8, 4) is 16.9 Å². The largest absolute Gasteiger partial charge is 0.353 e. The van der Waals surface area contributed by atoms with Crippen molar-refractivity contribution >= 4 is 34.4 Å². The third kappa shape index (κ3) is 3.48. The summed E-state index contributed by atoms with van der Waals surface area (Å²) in [5.41, 5.74) is 1.83. The second-order valence-corrected chi connectivity index (χ2v) is 8.24. The van der Waals surface area contributed by atoms with Crippen LogP contribution < -0.4 is 5.69 Å². The van der Waals surface area contributed by atoms with Crippen LogP contribution >= 0.6 is 23.4 Å². The first-order valence-corrected chi connectivity index (χ1v) is 10.9. The summed E-state index contributed by atoms with van der Waals surface area (Å²) in [5, 5.41) is 0.898. The molecule has 0 fully saturated rings. The molecule has 0 aliphatic carbocycles. The zero-order valence-corrected chi connectivity index (χ0v) is 18.1. The Morgan fingerprint density at radius 2 is 1.93 bits per heavy atom. The van der Waals surface area contributed by atoms with Gasteiger partial charge in [-0.1, -0.05) is 31.5 Å². The third-order valence-electron chi connectivity index (χ3n) is 4.75. The number of benzene rings is 1. The first-order chi connectivity index (χ1) is 14.4. The van der Waals surface area contributed by atoms with Crippen LogP contribution in [0.15, 0.2) is 58.5 Å². The molecule has 4 rings (SSSR count). The fourth-order valence-corrected chi connectivity index (χ4v) is 4.20. The smallest absolute Gasteiger partial charge is 0.259 e. The van der Waals surface area contributed by atoms with Crippen LogP contribution in [0.3, 0.4) is 0 Å². The molecule has 0 saturated heterocycles. The molecule has 0 saturated carbocycles. The SMILES string of the molecule is CSc1ccnc(C(C)C)c1-n1c(=O)ncc2ccc(-c3c(F)cccc3Cl)nc21. The molecule has 0 N–H and O–H groups in total. The van der Waals surface area contributed by atoms with Gasteiger partial charge in [0.25, 0.3) is 0 Å². The lowest BCUT2D eigenvalue weighted by atomic mass is 10.1. The highest BCUT2D eigenvalue weighted by molar-refractivity contribution is 7.98. The maximum absolute atomic E-state index is 14.5. The van der Waals surface area contributed by atoms with E-state index in [1.54, 1.807) is 24.4 Å². The van der Waals surface area contributed by atoms with Crippen LogP contribution in [0.1, 0.15) is 25.5 Å². The van der Waals surface area contributed by atoms with Gasteiger partial charge >= 0.3 is 5.69 Å². The highest BCUT2D eigenvalue weighted by atomic mass is 35.5. The summed E-state index contributed by atoms with van der Waals surface area (Å²) in [5.74, 6) is -0.412. The summed E-state index contributed by atoms with van der Waals surface area (Å²) >= 11 is 7.75. The van der Waals surface area contributed by atoms with E-state index in [1.165, 1.54) is 34.7 Å². The molecule has 3 aromatic heterocycles. The van der Waals surface area contributed by atoms with Gasteiger partial charge in [-0.25, -0.2) is 23.7 Å². The minimum absolute atomic E-state index is 0.0680. The van der Waals surface area contributed by atoms with Crippen molar-refractivity contribution in [3.63, 3.8) is 0 Å². The van der Waals surface area contributed by atoms with E-state index >= 15 is 0 Å². The first-order valence-electron chi connectivity index (χ1n) is 9.28. The molecule has 5 nitrogen and oxygen atoms in total. The number of pyridine rings is 2. The minimum atomic E-state index is -0.480. The Labute approximate surface area is 182 Å². The summed E-state index contributed by atoms with van der Waals surface area (Å²) in [7, 11) is 0. The summed E-state index contributed by atoms with van der Waals surface area (Å²) in [6.45, 7) is 4.02. The Morgan fingerprint density at radius 1 is 1.13 bits per heavy atom. The van der Waals surface area contributed by atoms with Crippen molar-refractivity contribution in [2.45, 2.75) is 24.7 Å². The van der Waals surface area contributed by atoms with Crippen LogP contribution in [0.2, 0.25) is 5.02 Å². The van der Waals surface area contributed by atoms with E-state index in [-0.39, 0.29) is 16.5 Å². The lowest BCUT2D eigenvalue weighted by Gasteiger charge is -2.18. The molecule has 4 aromatic rings. The number of thioether (sulfide) groups is 1. The minimum Gasteiger partial charge on any atom is -0.259 e. The normalized spacial score (nSPS) is 11.4. The predicted molar refractivity (Wildman–Crippen MR) is 119 cm³/mol. The van der Waals surface area contributed by atoms with Crippen LogP contribution in [0.4, 0.5) is 4.39 Å². The van der Waals surface area contributed by atoms with E-state index in [1.807, 2.05) is 26.2 Å². The fraction of sp³-hybridized carbons (Fsp3) is 0.182. The fourth-order valence-electron chi connectivity index (χ4n) is 3.36. The van der Waals surface area contributed by atoms with Gasteiger partial charge in [0, 0.05) is 22.7 Å². The van der Waals surface area contributed by atoms with Crippen LogP contribution in [0.5, 0.6) is 0 Å². The van der Waals surface area contributed by atoms with E-state index in [9.17, 15) is 9.18 Å². The molecule has 0 aliphatic rings. The standard InChI is InChI=1S/C22H18ClFN4OS/c1-12(2)19-20(17(30-3)9-10-25-19)28-21-13(11-26-22(28)29)7-8-16(27-21)18-14(23)5-4-6-15(18)24/h4-12H,1-3H3. The summed E-state index contributed by atoms with van der Waals surface area (Å²) < 4.78 is 16.0. The molecule has 0 aliphatic heterocycles. The number of hydrogen-bond acceptors (Lipinski definition) is 5. The van der Waals surface area contributed by atoms with Crippen molar-refractivity contribution in [1.29, 1.82) is 0 Å². The molecule has 3 heterocycles. The van der Waals surface area contributed by atoms with Crippen molar-refractivity contribution < 1.29 is 4.39 Å². The summed E-state index contributed by atoms with van der Waals surface area (Å²) in [6, 6.07) is 9.76. The van der Waals surface area contributed by atoms with Gasteiger partial charge in [-0.3, -0.25) is 4.98 Å².